The lowest BCUT2D eigenvalue weighted by Crippen LogP contribution is -2.48. The number of nitrogens with zero attached hydrogens (tertiary/aromatic N) is 2. The SMILES string of the molecule is CCNC(=NCC(c1ccc(C)cc1)N1CCOCC1)NC1CC2CCC1O2.I. The van der Waals surface area contributed by atoms with Gasteiger partial charge in [0.15, 0.2) is 5.96 Å². The highest BCUT2D eigenvalue weighted by Gasteiger charge is 2.41. The summed E-state index contributed by atoms with van der Waals surface area (Å²) < 4.78 is 11.6. The van der Waals surface area contributed by atoms with Crippen molar-refractivity contribution in [3.8, 4) is 0 Å². The van der Waals surface area contributed by atoms with Crippen LogP contribution in [0.2, 0.25) is 0 Å². The van der Waals surface area contributed by atoms with E-state index in [-0.39, 0.29) is 30.0 Å². The summed E-state index contributed by atoms with van der Waals surface area (Å²) in [4.78, 5) is 7.49. The molecule has 6 nitrogen and oxygen atoms in total. The Hall–Kier alpha value is -0.900. The number of nitrogens with one attached hydrogen (secondary N) is 2. The van der Waals surface area contributed by atoms with Gasteiger partial charge in [-0.3, -0.25) is 9.89 Å². The maximum atomic E-state index is 6.00. The first-order valence-electron chi connectivity index (χ1n) is 10.8. The number of aliphatic imine (C=N–C) groups is 1. The Balaban J connectivity index is 0.00000240. The van der Waals surface area contributed by atoms with Crippen LogP contribution in [0, 0.1) is 6.92 Å². The third kappa shape index (κ3) is 5.83. The van der Waals surface area contributed by atoms with E-state index in [9.17, 15) is 0 Å². The summed E-state index contributed by atoms with van der Waals surface area (Å²) in [5.41, 5.74) is 2.62. The predicted molar refractivity (Wildman–Crippen MR) is 127 cm³/mol. The molecule has 3 aliphatic heterocycles. The standard InChI is InChI=1S/C22H34N4O2.HI/c1-3-23-22(25-19-14-18-8-9-21(19)28-18)24-15-20(26-10-12-27-13-11-26)17-6-4-16(2)5-7-17;/h4-7,18-21H,3,8-15H2,1-2H3,(H2,23,24,25);1H. The van der Waals surface area contributed by atoms with Crippen LogP contribution >= 0.6 is 24.0 Å². The zero-order valence-electron chi connectivity index (χ0n) is 17.6. The van der Waals surface area contributed by atoms with Crippen molar-refractivity contribution in [3.05, 3.63) is 35.4 Å². The minimum atomic E-state index is 0. The Kier molecular flexibility index (Phi) is 8.58. The number of hydrogen-bond donors (Lipinski definition) is 2. The Morgan fingerprint density at radius 2 is 1.97 bits per heavy atom. The molecule has 4 rings (SSSR count). The number of hydrogen-bond acceptors (Lipinski definition) is 4. The molecule has 4 unspecified atom stereocenters. The number of morpholine rings is 1. The predicted octanol–water partition coefficient (Wildman–Crippen LogP) is 2.86. The molecular formula is C22H35IN4O2. The van der Waals surface area contributed by atoms with Crippen molar-refractivity contribution < 1.29 is 9.47 Å². The summed E-state index contributed by atoms with van der Waals surface area (Å²) in [5, 5.41) is 7.07. The molecule has 0 amide bonds. The average Bonchev–Trinajstić information content (AvgIpc) is 3.33. The lowest BCUT2D eigenvalue weighted by molar-refractivity contribution is 0.0179. The molecule has 0 aromatic heterocycles. The molecule has 0 aliphatic carbocycles. The molecule has 0 radical (unpaired) electrons. The Morgan fingerprint density at radius 1 is 1.21 bits per heavy atom. The second-order valence-corrected chi connectivity index (χ2v) is 8.15. The minimum absolute atomic E-state index is 0. The van der Waals surface area contributed by atoms with Crippen LogP contribution in [0.25, 0.3) is 0 Å². The topological polar surface area (TPSA) is 58.1 Å². The third-order valence-electron chi connectivity index (χ3n) is 6.14. The molecule has 1 aromatic carbocycles. The van der Waals surface area contributed by atoms with Crippen LogP contribution < -0.4 is 10.6 Å². The first kappa shape index (κ1) is 22.8. The van der Waals surface area contributed by atoms with E-state index in [1.807, 2.05) is 0 Å². The van der Waals surface area contributed by atoms with Crippen LogP contribution in [0.15, 0.2) is 29.3 Å². The highest BCUT2D eigenvalue weighted by atomic mass is 127. The van der Waals surface area contributed by atoms with Gasteiger partial charge in [0, 0.05) is 19.6 Å². The van der Waals surface area contributed by atoms with Gasteiger partial charge in [0.2, 0.25) is 0 Å². The van der Waals surface area contributed by atoms with E-state index in [1.54, 1.807) is 0 Å². The fourth-order valence-electron chi connectivity index (χ4n) is 4.57. The molecule has 3 saturated heterocycles. The second-order valence-electron chi connectivity index (χ2n) is 8.15. The molecule has 162 valence electrons. The second kappa shape index (κ2) is 10.9. The number of guanidine groups is 1. The van der Waals surface area contributed by atoms with E-state index in [1.165, 1.54) is 24.0 Å². The van der Waals surface area contributed by atoms with Crippen LogP contribution in [0.5, 0.6) is 0 Å². The van der Waals surface area contributed by atoms with Crippen LogP contribution in [0.4, 0.5) is 0 Å². The van der Waals surface area contributed by atoms with Crippen LogP contribution in [-0.2, 0) is 9.47 Å². The minimum Gasteiger partial charge on any atom is -0.379 e. The zero-order chi connectivity index (χ0) is 19.3. The van der Waals surface area contributed by atoms with Crippen molar-refractivity contribution in [1.29, 1.82) is 0 Å². The number of ether oxygens (including phenoxy) is 2. The first-order valence-corrected chi connectivity index (χ1v) is 10.8. The number of aryl methyl sites for hydroxylation is 1. The molecule has 1 aromatic rings. The molecule has 7 heteroatoms. The molecule has 0 spiro atoms. The van der Waals surface area contributed by atoms with Gasteiger partial charge in [0.1, 0.15) is 0 Å². The number of benzene rings is 1. The van der Waals surface area contributed by atoms with E-state index in [0.717, 1.165) is 51.8 Å². The summed E-state index contributed by atoms with van der Waals surface area (Å²) >= 11 is 0. The summed E-state index contributed by atoms with van der Waals surface area (Å²) in [6.07, 6.45) is 4.27. The van der Waals surface area contributed by atoms with E-state index < -0.39 is 0 Å². The molecular weight excluding hydrogens is 479 g/mol. The van der Waals surface area contributed by atoms with Crippen LogP contribution in [0.1, 0.15) is 43.4 Å². The van der Waals surface area contributed by atoms with Gasteiger partial charge in [0.25, 0.3) is 0 Å². The number of halogens is 1. The maximum Gasteiger partial charge on any atom is 0.191 e. The third-order valence-corrected chi connectivity index (χ3v) is 6.14. The van der Waals surface area contributed by atoms with Crippen molar-refractivity contribution >= 4 is 29.9 Å². The van der Waals surface area contributed by atoms with Gasteiger partial charge >= 0.3 is 0 Å². The highest BCUT2D eigenvalue weighted by molar-refractivity contribution is 14.0. The number of rotatable bonds is 6. The summed E-state index contributed by atoms with van der Waals surface area (Å²) in [5.74, 6) is 0.911. The molecule has 4 atom stereocenters. The van der Waals surface area contributed by atoms with Crippen molar-refractivity contribution in [2.24, 2.45) is 4.99 Å². The fourth-order valence-corrected chi connectivity index (χ4v) is 4.57. The van der Waals surface area contributed by atoms with E-state index in [0.29, 0.717) is 18.2 Å². The van der Waals surface area contributed by atoms with Crippen LogP contribution in [-0.4, -0.2) is 68.5 Å². The quantitative estimate of drug-likeness (QED) is 0.348. The fraction of sp³-hybridized carbons (Fsp3) is 0.682. The molecule has 3 aliphatic rings. The number of fused-ring (bicyclic) bond motifs is 2. The van der Waals surface area contributed by atoms with Gasteiger partial charge in [-0.25, -0.2) is 0 Å². The summed E-state index contributed by atoms with van der Waals surface area (Å²) in [7, 11) is 0. The maximum absolute atomic E-state index is 6.00. The molecule has 0 saturated carbocycles. The largest absolute Gasteiger partial charge is 0.379 e. The van der Waals surface area contributed by atoms with E-state index >= 15 is 0 Å². The van der Waals surface area contributed by atoms with Gasteiger partial charge < -0.3 is 20.1 Å². The normalized spacial score (nSPS) is 28.1. The van der Waals surface area contributed by atoms with Gasteiger partial charge in [-0.15, -0.1) is 24.0 Å². The smallest absolute Gasteiger partial charge is 0.191 e. The van der Waals surface area contributed by atoms with E-state index in [2.05, 4.69) is 53.6 Å². The van der Waals surface area contributed by atoms with Gasteiger partial charge in [-0.05, 0) is 38.7 Å². The Bertz CT molecular complexity index is 663. The Labute approximate surface area is 191 Å². The van der Waals surface area contributed by atoms with Crippen molar-refractivity contribution in [1.82, 2.24) is 15.5 Å². The zero-order valence-corrected chi connectivity index (χ0v) is 19.9. The van der Waals surface area contributed by atoms with Gasteiger partial charge in [0.05, 0.1) is 44.1 Å². The van der Waals surface area contributed by atoms with Crippen molar-refractivity contribution in [2.75, 3.05) is 39.4 Å². The van der Waals surface area contributed by atoms with Gasteiger partial charge in [-0.1, -0.05) is 29.8 Å². The molecule has 2 bridgehead atoms. The lowest BCUT2D eigenvalue weighted by atomic mass is 9.96. The first-order chi connectivity index (χ1) is 13.7. The van der Waals surface area contributed by atoms with Crippen molar-refractivity contribution in [3.63, 3.8) is 0 Å². The highest BCUT2D eigenvalue weighted by Crippen LogP contribution is 2.34. The monoisotopic (exact) mass is 514 g/mol. The molecule has 29 heavy (non-hydrogen) atoms. The van der Waals surface area contributed by atoms with Gasteiger partial charge in [-0.2, -0.15) is 0 Å². The lowest BCUT2D eigenvalue weighted by Gasteiger charge is -2.34. The summed E-state index contributed by atoms with van der Waals surface area (Å²) in [6, 6.07) is 9.55. The molecule has 2 N–H and O–H groups in total. The average molecular weight is 514 g/mol. The summed E-state index contributed by atoms with van der Waals surface area (Å²) in [6.45, 7) is 9.36. The molecule has 3 heterocycles. The van der Waals surface area contributed by atoms with Crippen LogP contribution in [0.3, 0.4) is 0 Å². The van der Waals surface area contributed by atoms with Crippen molar-refractivity contribution in [2.45, 2.75) is 57.4 Å². The molecule has 3 fully saturated rings. The van der Waals surface area contributed by atoms with E-state index in [4.69, 9.17) is 14.5 Å². The Morgan fingerprint density at radius 3 is 2.59 bits per heavy atom.